The Morgan fingerprint density at radius 1 is 1.11 bits per heavy atom. The first-order valence-electron chi connectivity index (χ1n) is 2.36. The van der Waals surface area contributed by atoms with Crippen LogP contribution in [0, 0.1) is 6.79 Å². The summed E-state index contributed by atoms with van der Waals surface area (Å²) in [6.07, 6.45) is 3.05. The number of nitrogens with zero attached hydrogens (tertiary/aromatic N) is 2. The van der Waals surface area contributed by atoms with Crippen LogP contribution in [0.2, 0.25) is 0 Å². The molecule has 2 rings (SSSR count). The van der Waals surface area contributed by atoms with E-state index in [0.29, 0.717) is 11.8 Å². The summed E-state index contributed by atoms with van der Waals surface area (Å²) in [7, 11) is 0. The Morgan fingerprint density at radius 3 is 2.22 bits per heavy atom. The molecule has 0 aliphatic carbocycles. The second-order valence-electron chi connectivity index (χ2n) is 1.45. The van der Waals surface area contributed by atoms with Crippen molar-refractivity contribution in [2.75, 3.05) is 0 Å². The molecule has 0 aromatic carbocycles. The fraction of sp³-hybridized carbons (Fsp3) is 0. The summed E-state index contributed by atoms with van der Waals surface area (Å²) in [5.74, 6) is 0.745. The van der Waals surface area contributed by atoms with Crippen molar-refractivity contribution in [3.8, 4) is 11.8 Å². The second-order valence-corrected chi connectivity index (χ2v) is 1.45. The third-order valence-electron chi connectivity index (χ3n) is 0.910. The van der Waals surface area contributed by atoms with Gasteiger partial charge in [0.2, 0.25) is 0 Å². The summed E-state index contributed by atoms with van der Waals surface area (Å²) in [6, 6.07) is 0. The lowest BCUT2D eigenvalue weighted by Crippen LogP contribution is -1.84. The molecule has 0 spiro atoms. The predicted molar refractivity (Wildman–Crippen MR) is 26.5 cm³/mol. The van der Waals surface area contributed by atoms with Gasteiger partial charge in [-0.3, -0.25) is 0 Å². The van der Waals surface area contributed by atoms with E-state index >= 15 is 0 Å². The van der Waals surface area contributed by atoms with Crippen molar-refractivity contribution in [1.29, 1.82) is 0 Å². The molecule has 4 nitrogen and oxygen atoms in total. The van der Waals surface area contributed by atoms with Crippen LogP contribution < -0.4 is 9.47 Å². The molecular formula is C5H2N2O2. The van der Waals surface area contributed by atoms with Gasteiger partial charge in [0.05, 0.1) is 0 Å². The lowest BCUT2D eigenvalue weighted by atomic mass is 10.7. The van der Waals surface area contributed by atoms with Crippen molar-refractivity contribution in [2.24, 2.45) is 0 Å². The zero-order chi connectivity index (χ0) is 6.10. The number of ether oxygens (including phenoxy) is 2. The first-order chi connectivity index (χ1) is 4.47. The minimum Gasteiger partial charge on any atom is -0.417 e. The van der Waals surface area contributed by atoms with Crippen LogP contribution in [0.25, 0.3) is 0 Å². The monoisotopic (exact) mass is 122 g/mol. The average Bonchev–Trinajstić information content (AvgIpc) is 2.33. The smallest absolute Gasteiger partial charge is 0.417 e. The standard InChI is InChI=1S/C5H2N2O2/c1-2-7-5-4(6-1)8-3-9-5/h1-2H. The summed E-state index contributed by atoms with van der Waals surface area (Å²) in [6.45, 7) is 2.16. The second kappa shape index (κ2) is 1.58. The molecule has 0 fully saturated rings. The molecule has 0 unspecified atom stereocenters. The van der Waals surface area contributed by atoms with Crippen LogP contribution in [0.5, 0.6) is 11.8 Å². The molecule has 0 saturated carbocycles. The normalized spacial score (nSPS) is 13.8. The number of hydrogen-bond donors (Lipinski definition) is 0. The Labute approximate surface area is 51.5 Å². The van der Waals surface area contributed by atoms with Gasteiger partial charge in [-0.05, 0) is 0 Å². The minimum atomic E-state index is 0.373. The maximum Gasteiger partial charge on any atom is 0.431 e. The fourth-order valence-electron chi connectivity index (χ4n) is 0.552. The average molecular weight is 122 g/mol. The van der Waals surface area contributed by atoms with Crippen LogP contribution >= 0.6 is 0 Å². The van der Waals surface area contributed by atoms with E-state index in [1.807, 2.05) is 0 Å². The summed E-state index contributed by atoms with van der Waals surface area (Å²) >= 11 is 0. The minimum absolute atomic E-state index is 0.373. The first kappa shape index (κ1) is 4.55. The van der Waals surface area contributed by atoms with Crippen LogP contribution in [-0.4, -0.2) is 9.97 Å². The number of hydrogen-bond acceptors (Lipinski definition) is 4. The highest BCUT2D eigenvalue weighted by Gasteiger charge is 2.16. The maximum absolute atomic E-state index is 4.65. The Hall–Kier alpha value is -1.32. The lowest BCUT2D eigenvalue weighted by Gasteiger charge is -1.86. The summed E-state index contributed by atoms with van der Waals surface area (Å²) in [5.41, 5.74) is 0. The van der Waals surface area contributed by atoms with Gasteiger partial charge in [-0.2, -0.15) is 0 Å². The van der Waals surface area contributed by atoms with Gasteiger partial charge < -0.3 is 9.47 Å². The molecule has 0 saturated heterocycles. The predicted octanol–water partition coefficient (Wildman–Crippen LogP) is 0.244. The van der Waals surface area contributed by atoms with E-state index in [1.54, 1.807) is 0 Å². The number of fused-ring (bicyclic) bond motifs is 1. The van der Waals surface area contributed by atoms with E-state index in [0.717, 1.165) is 0 Å². The molecule has 4 heteroatoms. The highest BCUT2D eigenvalue weighted by molar-refractivity contribution is 5.27. The van der Waals surface area contributed by atoms with E-state index < -0.39 is 0 Å². The molecule has 2 radical (unpaired) electrons. The SMILES string of the molecule is [C]1Oc2nccnc2O1. The van der Waals surface area contributed by atoms with E-state index in [-0.39, 0.29) is 0 Å². The van der Waals surface area contributed by atoms with Gasteiger partial charge >= 0.3 is 6.79 Å². The Morgan fingerprint density at radius 2 is 1.67 bits per heavy atom. The molecule has 0 bridgehead atoms. The van der Waals surface area contributed by atoms with Gasteiger partial charge in [-0.25, -0.2) is 9.97 Å². The number of aromatic nitrogens is 2. The molecule has 2 heterocycles. The van der Waals surface area contributed by atoms with Gasteiger partial charge in [0.25, 0.3) is 11.8 Å². The molecule has 0 N–H and O–H groups in total. The van der Waals surface area contributed by atoms with E-state index in [1.165, 1.54) is 12.4 Å². The van der Waals surface area contributed by atoms with Gasteiger partial charge in [0.1, 0.15) is 0 Å². The molecule has 1 aromatic rings. The highest BCUT2D eigenvalue weighted by atomic mass is 16.7. The molecule has 1 aromatic heterocycles. The van der Waals surface area contributed by atoms with Gasteiger partial charge in [-0.15, -0.1) is 0 Å². The Kier molecular flexibility index (Phi) is 0.798. The summed E-state index contributed by atoms with van der Waals surface area (Å²) < 4.78 is 9.31. The molecule has 0 amide bonds. The van der Waals surface area contributed by atoms with Crippen molar-refractivity contribution in [1.82, 2.24) is 9.97 Å². The molecule has 9 heavy (non-hydrogen) atoms. The van der Waals surface area contributed by atoms with Crippen molar-refractivity contribution >= 4 is 0 Å². The van der Waals surface area contributed by atoms with Crippen LogP contribution in [-0.2, 0) is 0 Å². The summed E-state index contributed by atoms with van der Waals surface area (Å²) in [4.78, 5) is 7.57. The third-order valence-corrected chi connectivity index (χ3v) is 0.910. The van der Waals surface area contributed by atoms with Crippen LogP contribution in [0.4, 0.5) is 0 Å². The van der Waals surface area contributed by atoms with Crippen LogP contribution in [0.15, 0.2) is 12.4 Å². The topological polar surface area (TPSA) is 44.2 Å². The quantitative estimate of drug-likeness (QED) is 0.494. The maximum atomic E-state index is 4.65. The number of rotatable bonds is 0. The van der Waals surface area contributed by atoms with Gasteiger partial charge in [-0.1, -0.05) is 0 Å². The third kappa shape index (κ3) is 0.595. The molecule has 0 atom stereocenters. The first-order valence-corrected chi connectivity index (χ1v) is 2.36. The van der Waals surface area contributed by atoms with Crippen molar-refractivity contribution in [3.63, 3.8) is 0 Å². The zero-order valence-electron chi connectivity index (χ0n) is 4.37. The summed E-state index contributed by atoms with van der Waals surface area (Å²) in [5, 5.41) is 0. The largest absolute Gasteiger partial charge is 0.431 e. The van der Waals surface area contributed by atoms with Gasteiger partial charge in [0.15, 0.2) is 0 Å². The van der Waals surface area contributed by atoms with Crippen molar-refractivity contribution < 1.29 is 9.47 Å². The Bertz CT molecular complexity index is 203. The molecular weight excluding hydrogens is 120 g/mol. The van der Waals surface area contributed by atoms with E-state index in [4.69, 9.17) is 0 Å². The van der Waals surface area contributed by atoms with Crippen LogP contribution in [0.3, 0.4) is 0 Å². The van der Waals surface area contributed by atoms with E-state index in [2.05, 4.69) is 26.2 Å². The zero-order valence-corrected chi connectivity index (χ0v) is 4.37. The Balaban J connectivity index is 2.54. The van der Waals surface area contributed by atoms with Crippen molar-refractivity contribution in [2.45, 2.75) is 0 Å². The lowest BCUT2D eigenvalue weighted by molar-refractivity contribution is 0.264. The fourth-order valence-corrected chi connectivity index (χ4v) is 0.552. The molecule has 44 valence electrons. The highest BCUT2D eigenvalue weighted by Crippen LogP contribution is 2.26. The van der Waals surface area contributed by atoms with Crippen LogP contribution in [0.1, 0.15) is 0 Å². The van der Waals surface area contributed by atoms with Crippen molar-refractivity contribution in [3.05, 3.63) is 19.2 Å². The van der Waals surface area contributed by atoms with E-state index in [9.17, 15) is 0 Å². The van der Waals surface area contributed by atoms with Gasteiger partial charge in [0, 0.05) is 12.4 Å². The molecule has 1 aliphatic heterocycles. The molecule has 1 aliphatic rings.